The van der Waals surface area contributed by atoms with Gasteiger partial charge in [-0.2, -0.15) is 0 Å². The highest BCUT2D eigenvalue weighted by atomic mass is 16.5. The summed E-state index contributed by atoms with van der Waals surface area (Å²) in [5.74, 6) is 0.925. The average molecular weight is 291 g/mol. The van der Waals surface area contributed by atoms with Gasteiger partial charge >= 0.3 is 0 Å². The van der Waals surface area contributed by atoms with E-state index < -0.39 is 0 Å². The van der Waals surface area contributed by atoms with Gasteiger partial charge in [0.15, 0.2) is 0 Å². The minimum absolute atomic E-state index is 0.0865. The molecule has 0 saturated heterocycles. The monoisotopic (exact) mass is 291 g/mol. The lowest BCUT2D eigenvalue weighted by molar-refractivity contribution is 0.0480. The minimum atomic E-state index is 0.0865. The second-order valence-corrected chi connectivity index (χ2v) is 5.84. The number of nitrogens with one attached hydrogen (secondary N) is 1. The van der Waals surface area contributed by atoms with E-state index in [2.05, 4.69) is 24.4 Å². The van der Waals surface area contributed by atoms with Crippen LogP contribution in [0.1, 0.15) is 57.1 Å². The first-order valence-corrected chi connectivity index (χ1v) is 8.33. The molecule has 3 heteroatoms. The van der Waals surface area contributed by atoms with Crippen molar-refractivity contribution in [3.63, 3.8) is 0 Å². The van der Waals surface area contributed by atoms with Crippen LogP contribution >= 0.6 is 0 Å². The molecule has 1 fully saturated rings. The summed E-state index contributed by atoms with van der Waals surface area (Å²) in [6.07, 6.45) is 7.64. The van der Waals surface area contributed by atoms with Crippen molar-refractivity contribution in [2.75, 3.05) is 20.3 Å². The Labute approximate surface area is 129 Å². The van der Waals surface area contributed by atoms with Crippen LogP contribution in [-0.2, 0) is 4.74 Å². The maximum Gasteiger partial charge on any atom is 0.124 e. The Bertz CT molecular complexity index is 404. The molecule has 1 aliphatic carbocycles. The van der Waals surface area contributed by atoms with Crippen LogP contribution in [0.25, 0.3) is 0 Å². The summed E-state index contributed by atoms with van der Waals surface area (Å²) in [5, 5.41) is 3.58. The first-order valence-electron chi connectivity index (χ1n) is 8.33. The maximum atomic E-state index is 6.15. The van der Waals surface area contributed by atoms with Gasteiger partial charge in [-0.1, -0.05) is 44.4 Å². The van der Waals surface area contributed by atoms with Crippen LogP contribution in [0.2, 0.25) is 0 Å². The van der Waals surface area contributed by atoms with Gasteiger partial charge in [0.1, 0.15) is 5.75 Å². The zero-order valence-electron chi connectivity index (χ0n) is 13.4. The van der Waals surface area contributed by atoms with E-state index in [-0.39, 0.29) is 6.10 Å². The van der Waals surface area contributed by atoms with E-state index in [0.717, 1.165) is 30.9 Å². The molecular weight excluding hydrogens is 262 g/mol. The number of benzene rings is 1. The van der Waals surface area contributed by atoms with Gasteiger partial charge in [0, 0.05) is 24.8 Å². The van der Waals surface area contributed by atoms with Crippen LogP contribution in [0.4, 0.5) is 0 Å². The summed E-state index contributed by atoms with van der Waals surface area (Å²) in [6.45, 7) is 3.94. The van der Waals surface area contributed by atoms with Gasteiger partial charge in [-0.15, -0.1) is 0 Å². The third kappa shape index (κ3) is 5.68. The van der Waals surface area contributed by atoms with Crippen LogP contribution < -0.4 is 10.1 Å². The molecule has 1 saturated carbocycles. The molecule has 0 bridgehead atoms. The molecule has 1 atom stereocenters. The highest BCUT2D eigenvalue weighted by Gasteiger charge is 2.24. The predicted octanol–water partition coefficient (Wildman–Crippen LogP) is 4.09. The summed E-state index contributed by atoms with van der Waals surface area (Å²) in [6, 6.07) is 8.90. The van der Waals surface area contributed by atoms with E-state index in [1.807, 2.05) is 12.1 Å². The second kappa shape index (κ2) is 9.06. The van der Waals surface area contributed by atoms with Crippen LogP contribution in [-0.4, -0.2) is 26.3 Å². The summed E-state index contributed by atoms with van der Waals surface area (Å²) in [7, 11) is 1.73. The fourth-order valence-corrected chi connectivity index (χ4v) is 2.51. The van der Waals surface area contributed by atoms with E-state index >= 15 is 0 Å². The summed E-state index contributed by atoms with van der Waals surface area (Å²) in [5.41, 5.74) is 1.16. The fraction of sp³-hybridized carbons (Fsp3) is 0.667. The summed E-state index contributed by atoms with van der Waals surface area (Å²) < 4.78 is 11.6. The molecule has 0 aromatic heterocycles. The Morgan fingerprint density at radius 1 is 1.19 bits per heavy atom. The number of hydrogen-bond acceptors (Lipinski definition) is 3. The van der Waals surface area contributed by atoms with E-state index in [4.69, 9.17) is 9.47 Å². The average Bonchev–Trinajstić information content (AvgIpc) is 3.34. The van der Waals surface area contributed by atoms with Crippen molar-refractivity contribution in [2.45, 2.75) is 57.6 Å². The van der Waals surface area contributed by atoms with Gasteiger partial charge in [-0.05, 0) is 25.3 Å². The molecule has 21 heavy (non-hydrogen) atoms. The normalized spacial score (nSPS) is 15.9. The number of ether oxygens (including phenoxy) is 2. The van der Waals surface area contributed by atoms with Gasteiger partial charge in [0.2, 0.25) is 0 Å². The molecule has 0 radical (unpaired) electrons. The fourth-order valence-electron chi connectivity index (χ4n) is 2.51. The number of methoxy groups -OCH3 is 1. The van der Waals surface area contributed by atoms with Crippen LogP contribution in [0.3, 0.4) is 0 Å². The van der Waals surface area contributed by atoms with Crippen LogP contribution in [0.15, 0.2) is 24.3 Å². The third-order valence-electron chi connectivity index (χ3n) is 3.97. The Kier molecular flexibility index (Phi) is 7.04. The van der Waals surface area contributed by atoms with Crippen LogP contribution in [0, 0.1) is 0 Å². The molecule has 1 N–H and O–H groups in total. The third-order valence-corrected chi connectivity index (χ3v) is 3.97. The van der Waals surface area contributed by atoms with Gasteiger partial charge in [0.05, 0.1) is 13.2 Å². The topological polar surface area (TPSA) is 30.5 Å². The summed E-state index contributed by atoms with van der Waals surface area (Å²) >= 11 is 0. The van der Waals surface area contributed by atoms with Crippen molar-refractivity contribution in [3.05, 3.63) is 29.8 Å². The lowest BCUT2D eigenvalue weighted by atomic mass is 10.1. The first-order chi connectivity index (χ1) is 10.3. The number of hydrogen-bond donors (Lipinski definition) is 1. The van der Waals surface area contributed by atoms with Gasteiger partial charge in [0.25, 0.3) is 0 Å². The van der Waals surface area contributed by atoms with Crippen molar-refractivity contribution in [3.8, 4) is 5.75 Å². The Morgan fingerprint density at radius 2 is 2.00 bits per heavy atom. The zero-order chi connectivity index (χ0) is 14.9. The smallest absolute Gasteiger partial charge is 0.124 e. The number of unbranched alkanes of at least 4 members (excludes halogenated alkanes) is 3. The molecule has 0 heterocycles. The molecule has 3 nitrogen and oxygen atoms in total. The van der Waals surface area contributed by atoms with Crippen molar-refractivity contribution in [1.29, 1.82) is 0 Å². The SMILES string of the molecule is CCCCCCOC(CNC1CC1)c1ccccc1OC. The lowest BCUT2D eigenvalue weighted by Crippen LogP contribution is -2.25. The summed E-state index contributed by atoms with van der Waals surface area (Å²) in [4.78, 5) is 0. The quantitative estimate of drug-likeness (QED) is 0.623. The van der Waals surface area contributed by atoms with E-state index in [0.29, 0.717) is 6.04 Å². The van der Waals surface area contributed by atoms with Crippen molar-refractivity contribution >= 4 is 0 Å². The molecule has 118 valence electrons. The molecule has 0 aliphatic heterocycles. The first kappa shape index (κ1) is 16.3. The molecule has 1 aromatic carbocycles. The van der Waals surface area contributed by atoms with Gasteiger partial charge in [-0.3, -0.25) is 0 Å². The molecule has 0 amide bonds. The maximum absolute atomic E-state index is 6.15. The van der Waals surface area contributed by atoms with E-state index in [1.54, 1.807) is 7.11 Å². The van der Waals surface area contributed by atoms with Crippen molar-refractivity contribution < 1.29 is 9.47 Å². The largest absolute Gasteiger partial charge is 0.496 e. The zero-order valence-corrected chi connectivity index (χ0v) is 13.4. The standard InChI is InChI=1S/C18H29NO2/c1-3-4-5-8-13-21-18(14-19-15-11-12-15)16-9-6-7-10-17(16)20-2/h6-7,9-10,15,18-19H,3-5,8,11-14H2,1-2H3. The molecule has 1 aliphatic rings. The molecule has 2 rings (SSSR count). The molecular formula is C18H29NO2. The predicted molar refractivity (Wildman–Crippen MR) is 86.9 cm³/mol. The van der Waals surface area contributed by atoms with E-state index in [9.17, 15) is 0 Å². The number of rotatable bonds is 11. The second-order valence-electron chi connectivity index (χ2n) is 5.84. The van der Waals surface area contributed by atoms with Gasteiger partial charge in [-0.25, -0.2) is 0 Å². The number of para-hydroxylation sites is 1. The van der Waals surface area contributed by atoms with Gasteiger partial charge < -0.3 is 14.8 Å². The highest BCUT2D eigenvalue weighted by molar-refractivity contribution is 5.35. The van der Waals surface area contributed by atoms with E-state index in [1.165, 1.54) is 32.1 Å². The van der Waals surface area contributed by atoms with Crippen molar-refractivity contribution in [1.82, 2.24) is 5.32 Å². The van der Waals surface area contributed by atoms with Crippen molar-refractivity contribution in [2.24, 2.45) is 0 Å². The molecule has 1 unspecified atom stereocenters. The molecule has 1 aromatic rings. The Morgan fingerprint density at radius 3 is 2.71 bits per heavy atom. The lowest BCUT2D eigenvalue weighted by Gasteiger charge is -2.21. The van der Waals surface area contributed by atoms with Crippen LogP contribution in [0.5, 0.6) is 5.75 Å². The molecule has 0 spiro atoms. The minimum Gasteiger partial charge on any atom is -0.496 e. The highest BCUT2D eigenvalue weighted by Crippen LogP contribution is 2.28. The Hall–Kier alpha value is -1.06. The Balaban J connectivity index is 1.89.